The van der Waals surface area contributed by atoms with E-state index in [0.29, 0.717) is 6.54 Å². The van der Waals surface area contributed by atoms with E-state index in [1.807, 2.05) is 17.9 Å². The van der Waals surface area contributed by atoms with Gasteiger partial charge in [-0.25, -0.2) is 4.79 Å². The Kier molecular flexibility index (Phi) is 4.66. The van der Waals surface area contributed by atoms with Gasteiger partial charge < -0.3 is 10.0 Å². The van der Waals surface area contributed by atoms with Crippen molar-refractivity contribution in [3.63, 3.8) is 0 Å². The predicted molar refractivity (Wildman–Crippen MR) is 76.6 cm³/mol. The topological polar surface area (TPSA) is 43.8 Å². The highest BCUT2D eigenvalue weighted by molar-refractivity contribution is 5.92. The molecule has 1 fully saturated rings. The molecule has 19 heavy (non-hydrogen) atoms. The number of hydrogen-bond donors (Lipinski definition) is 1. The zero-order valence-electron chi connectivity index (χ0n) is 11.5. The zero-order chi connectivity index (χ0) is 13.7. The first-order valence-corrected chi connectivity index (χ1v) is 7.08. The molecule has 0 saturated carbocycles. The van der Waals surface area contributed by atoms with Gasteiger partial charge >= 0.3 is 6.03 Å². The standard InChI is InChI=1S/C15H22N2O2/c1-2-17(13-8-7-9-14(18)12-13)15(19)16-10-5-3-4-6-11-16/h7-9,12,18H,2-6,10-11H2,1H3. The van der Waals surface area contributed by atoms with Crippen molar-refractivity contribution in [3.8, 4) is 5.75 Å². The Labute approximate surface area is 114 Å². The number of carbonyl (C=O) groups is 1. The smallest absolute Gasteiger partial charge is 0.324 e. The number of amides is 2. The number of likely N-dealkylation sites (tertiary alicyclic amines) is 1. The molecule has 1 N–H and O–H groups in total. The number of nitrogens with zero attached hydrogens (tertiary/aromatic N) is 2. The third-order valence-corrected chi connectivity index (χ3v) is 3.57. The van der Waals surface area contributed by atoms with Crippen molar-refractivity contribution in [2.45, 2.75) is 32.6 Å². The third kappa shape index (κ3) is 3.40. The molecule has 0 bridgehead atoms. The fourth-order valence-corrected chi connectivity index (χ4v) is 2.52. The summed E-state index contributed by atoms with van der Waals surface area (Å²) in [4.78, 5) is 16.2. The Bertz CT molecular complexity index is 426. The Morgan fingerprint density at radius 1 is 1.26 bits per heavy atom. The first kappa shape index (κ1) is 13.7. The van der Waals surface area contributed by atoms with Gasteiger partial charge in [0.15, 0.2) is 0 Å². The largest absolute Gasteiger partial charge is 0.508 e. The second-order valence-corrected chi connectivity index (χ2v) is 4.95. The number of benzene rings is 1. The van der Waals surface area contributed by atoms with Crippen LogP contribution >= 0.6 is 0 Å². The van der Waals surface area contributed by atoms with Crippen LogP contribution < -0.4 is 4.90 Å². The van der Waals surface area contributed by atoms with Crippen LogP contribution in [0.4, 0.5) is 10.5 Å². The lowest BCUT2D eigenvalue weighted by Crippen LogP contribution is -2.43. The number of hydrogen-bond acceptors (Lipinski definition) is 2. The van der Waals surface area contributed by atoms with E-state index in [1.165, 1.54) is 12.8 Å². The van der Waals surface area contributed by atoms with Crippen molar-refractivity contribution in [1.29, 1.82) is 0 Å². The molecule has 0 aliphatic carbocycles. The zero-order valence-corrected chi connectivity index (χ0v) is 11.5. The summed E-state index contributed by atoms with van der Waals surface area (Å²) in [5.74, 6) is 0.194. The van der Waals surface area contributed by atoms with E-state index in [4.69, 9.17) is 0 Å². The minimum atomic E-state index is 0.0509. The molecular weight excluding hydrogens is 240 g/mol. The summed E-state index contributed by atoms with van der Waals surface area (Å²) in [6.45, 7) is 4.25. The maximum Gasteiger partial charge on any atom is 0.324 e. The minimum absolute atomic E-state index is 0.0509. The summed E-state index contributed by atoms with van der Waals surface area (Å²) in [5.41, 5.74) is 0.761. The second kappa shape index (κ2) is 6.45. The van der Waals surface area contributed by atoms with Gasteiger partial charge in [0.05, 0.1) is 0 Å². The second-order valence-electron chi connectivity index (χ2n) is 4.95. The van der Waals surface area contributed by atoms with E-state index in [1.54, 1.807) is 23.1 Å². The van der Waals surface area contributed by atoms with Crippen LogP contribution in [0, 0.1) is 0 Å². The van der Waals surface area contributed by atoms with Crippen molar-refractivity contribution in [3.05, 3.63) is 24.3 Å². The molecule has 0 unspecified atom stereocenters. The van der Waals surface area contributed by atoms with E-state index in [2.05, 4.69) is 0 Å². The van der Waals surface area contributed by atoms with Crippen molar-refractivity contribution in [2.75, 3.05) is 24.5 Å². The molecule has 2 rings (SSSR count). The highest BCUT2D eigenvalue weighted by atomic mass is 16.3. The first-order valence-electron chi connectivity index (χ1n) is 7.08. The number of rotatable bonds is 2. The summed E-state index contributed by atoms with van der Waals surface area (Å²) in [7, 11) is 0. The summed E-state index contributed by atoms with van der Waals surface area (Å²) >= 11 is 0. The number of aromatic hydroxyl groups is 1. The predicted octanol–water partition coefficient (Wildman–Crippen LogP) is 3.21. The maximum absolute atomic E-state index is 12.6. The van der Waals surface area contributed by atoms with Crippen LogP contribution in [-0.4, -0.2) is 35.7 Å². The molecule has 1 heterocycles. The first-order chi connectivity index (χ1) is 9.22. The van der Waals surface area contributed by atoms with Crippen LogP contribution in [0.25, 0.3) is 0 Å². The highest BCUT2D eigenvalue weighted by Crippen LogP contribution is 2.22. The van der Waals surface area contributed by atoms with Gasteiger partial charge in [0, 0.05) is 31.4 Å². The van der Waals surface area contributed by atoms with Crippen LogP contribution in [0.2, 0.25) is 0 Å². The van der Waals surface area contributed by atoms with Gasteiger partial charge in [-0.1, -0.05) is 18.9 Å². The van der Waals surface area contributed by atoms with Crippen LogP contribution in [0.5, 0.6) is 5.75 Å². The van der Waals surface area contributed by atoms with Crippen molar-refractivity contribution in [1.82, 2.24) is 4.90 Å². The highest BCUT2D eigenvalue weighted by Gasteiger charge is 2.22. The molecule has 4 nitrogen and oxygen atoms in total. The number of carbonyl (C=O) groups excluding carboxylic acids is 1. The molecule has 0 aromatic heterocycles. The maximum atomic E-state index is 12.6. The van der Waals surface area contributed by atoms with Gasteiger partial charge in [-0.05, 0) is 31.9 Å². The number of phenols is 1. The molecular formula is C15H22N2O2. The summed E-state index contributed by atoms with van der Waals surface area (Å²) in [6.07, 6.45) is 4.59. The van der Waals surface area contributed by atoms with Gasteiger partial charge in [-0.15, -0.1) is 0 Å². The molecule has 0 atom stereocenters. The fourth-order valence-electron chi connectivity index (χ4n) is 2.52. The molecule has 1 aliphatic heterocycles. The lowest BCUT2D eigenvalue weighted by molar-refractivity contribution is 0.207. The molecule has 0 spiro atoms. The normalized spacial score (nSPS) is 15.9. The lowest BCUT2D eigenvalue weighted by Gasteiger charge is -2.29. The fraction of sp³-hybridized carbons (Fsp3) is 0.533. The Hall–Kier alpha value is -1.71. The van der Waals surface area contributed by atoms with E-state index in [0.717, 1.165) is 31.6 Å². The van der Waals surface area contributed by atoms with Crippen LogP contribution in [0.15, 0.2) is 24.3 Å². The van der Waals surface area contributed by atoms with Crippen LogP contribution in [0.3, 0.4) is 0 Å². The molecule has 1 aliphatic rings. The summed E-state index contributed by atoms with van der Waals surface area (Å²) in [5, 5.41) is 9.54. The minimum Gasteiger partial charge on any atom is -0.508 e. The van der Waals surface area contributed by atoms with E-state index in [-0.39, 0.29) is 11.8 Å². The molecule has 104 valence electrons. The van der Waals surface area contributed by atoms with E-state index in [9.17, 15) is 9.90 Å². The van der Waals surface area contributed by atoms with Crippen LogP contribution in [-0.2, 0) is 0 Å². The van der Waals surface area contributed by atoms with Gasteiger partial charge in [0.1, 0.15) is 5.75 Å². The van der Waals surface area contributed by atoms with Gasteiger partial charge in [-0.3, -0.25) is 4.90 Å². The van der Waals surface area contributed by atoms with Gasteiger partial charge in [0.25, 0.3) is 0 Å². The van der Waals surface area contributed by atoms with Gasteiger partial charge in [-0.2, -0.15) is 0 Å². The third-order valence-electron chi connectivity index (χ3n) is 3.57. The van der Waals surface area contributed by atoms with E-state index < -0.39 is 0 Å². The average Bonchev–Trinajstić information content (AvgIpc) is 2.68. The molecule has 2 amide bonds. The molecule has 1 aromatic rings. The number of anilines is 1. The Morgan fingerprint density at radius 2 is 1.95 bits per heavy atom. The molecule has 1 aromatic carbocycles. The van der Waals surface area contributed by atoms with Gasteiger partial charge in [0.2, 0.25) is 0 Å². The number of phenolic OH excluding ortho intramolecular Hbond substituents is 1. The average molecular weight is 262 g/mol. The quantitative estimate of drug-likeness (QED) is 0.889. The van der Waals surface area contributed by atoms with Crippen molar-refractivity contribution < 1.29 is 9.90 Å². The lowest BCUT2D eigenvalue weighted by atomic mass is 10.2. The monoisotopic (exact) mass is 262 g/mol. The van der Waals surface area contributed by atoms with E-state index >= 15 is 0 Å². The molecule has 4 heteroatoms. The molecule has 0 radical (unpaired) electrons. The Morgan fingerprint density at radius 3 is 2.53 bits per heavy atom. The van der Waals surface area contributed by atoms with Crippen LogP contribution in [0.1, 0.15) is 32.6 Å². The Balaban J connectivity index is 2.14. The van der Waals surface area contributed by atoms with Crippen molar-refractivity contribution in [2.24, 2.45) is 0 Å². The van der Waals surface area contributed by atoms with Crippen molar-refractivity contribution >= 4 is 11.7 Å². The number of urea groups is 1. The SMILES string of the molecule is CCN(C(=O)N1CCCCCC1)c1cccc(O)c1. The molecule has 1 saturated heterocycles. The summed E-state index contributed by atoms with van der Waals surface area (Å²) in [6, 6.07) is 6.93. The summed E-state index contributed by atoms with van der Waals surface area (Å²) < 4.78 is 0.